The fraction of sp³-hybridized carbons (Fsp3) is 0.389. The number of ether oxygens (including phenoxy) is 1. The number of aryl methyl sites for hydroxylation is 1. The molecule has 1 aromatic carbocycles. The molecule has 122 valence electrons. The first kappa shape index (κ1) is 16.9. The number of nitrogens with zero attached hydrogens (tertiary/aromatic N) is 3. The van der Waals surface area contributed by atoms with Crippen molar-refractivity contribution in [3.05, 3.63) is 53.6 Å². The van der Waals surface area contributed by atoms with Crippen LogP contribution >= 0.6 is 0 Å². The molecule has 2 rings (SSSR count). The molecule has 2 aromatic rings. The molecule has 0 atom stereocenters. The van der Waals surface area contributed by atoms with Crippen LogP contribution in [0.1, 0.15) is 41.4 Å². The van der Waals surface area contributed by atoms with Crippen LogP contribution in [0.15, 0.2) is 36.8 Å². The highest BCUT2D eigenvalue weighted by Crippen LogP contribution is 2.17. The normalized spacial score (nSPS) is 10.7. The maximum absolute atomic E-state index is 12.5. The molecule has 23 heavy (non-hydrogen) atoms. The fourth-order valence-corrected chi connectivity index (χ4v) is 2.21. The third kappa shape index (κ3) is 4.52. The second-order valence-electron chi connectivity index (χ2n) is 5.86. The number of likely N-dealkylation sites (N-methyl/N-ethyl adjacent to an activating group) is 1. The zero-order valence-electron chi connectivity index (χ0n) is 14.1. The second kappa shape index (κ2) is 7.72. The van der Waals surface area contributed by atoms with Crippen LogP contribution in [-0.4, -0.2) is 41.0 Å². The van der Waals surface area contributed by atoms with Gasteiger partial charge in [-0.15, -0.1) is 0 Å². The van der Waals surface area contributed by atoms with Crippen molar-refractivity contribution in [2.24, 2.45) is 0 Å². The number of carbonyl (C=O) groups is 1. The standard InChI is InChI=1S/C18H23N3O2/c1-13(2)17-16(11-19-12-20-17)18(22)21(4)9-10-23-15-7-5-14(3)6-8-15/h5-8,11-13H,9-10H2,1-4H3. The van der Waals surface area contributed by atoms with E-state index in [0.717, 1.165) is 11.4 Å². The Hall–Kier alpha value is -2.43. The third-order valence-corrected chi connectivity index (χ3v) is 3.58. The Balaban J connectivity index is 1.94. The fourth-order valence-electron chi connectivity index (χ4n) is 2.21. The highest BCUT2D eigenvalue weighted by molar-refractivity contribution is 5.94. The first-order chi connectivity index (χ1) is 11.0. The number of hydrogen-bond donors (Lipinski definition) is 0. The topological polar surface area (TPSA) is 55.3 Å². The Bertz CT molecular complexity index is 654. The van der Waals surface area contributed by atoms with Crippen molar-refractivity contribution in [2.45, 2.75) is 26.7 Å². The Morgan fingerprint density at radius 2 is 1.96 bits per heavy atom. The van der Waals surface area contributed by atoms with Crippen molar-refractivity contribution in [2.75, 3.05) is 20.2 Å². The molecule has 0 N–H and O–H groups in total. The van der Waals surface area contributed by atoms with Gasteiger partial charge in [0.15, 0.2) is 0 Å². The minimum absolute atomic E-state index is 0.0817. The number of rotatable bonds is 6. The SMILES string of the molecule is Cc1ccc(OCCN(C)C(=O)c2cncnc2C(C)C)cc1. The van der Waals surface area contributed by atoms with Crippen molar-refractivity contribution in [1.29, 1.82) is 0 Å². The van der Waals surface area contributed by atoms with Crippen molar-refractivity contribution in [3.8, 4) is 5.75 Å². The third-order valence-electron chi connectivity index (χ3n) is 3.58. The summed E-state index contributed by atoms with van der Waals surface area (Å²) in [4.78, 5) is 22.4. The summed E-state index contributed by atoms with van der Waals surface area (Å²) in [7, 11) is 1.76. The molecule has 1 heterocycles. The molecule has 5 nitrogen and oxygen atoms in total. The van der Waals surface area contributed by atoms with Crippen molar-refractivity contribution in [1.82, 2.24) is 14.9 Å². The average Bonchev–Trinajstić information content (AvgIpc) is 2.55. The molecular formula is C18H23N3O2. The number of carbonyl (C=O) groups excluding carboxylic acids is 1. The highest BCUT2D eigenvalue weighted by Gasteiger charge is 2.18. The van der Waals surface area contributed by atoms with E-state index in [1.54, 1.807) is 18.1 Å². The smallest absolute Gasteiger partial charge is 0.257 e. The Morgan fingerprint density at radius 3 is 2.61 bits per heavy atom. The van der Waals surface area contributed by atoms with E-state index < -0.39 is 0 Å². The van der Waals surface area contributed by atoms with Gasteiger partial charge in [-0.1, -0.05) is 31.5 Å². The van der Waals surface area contributed by atoms with Gasteiger partial charge in [0.2, 0.25) is 0 Å². The van der Waals surface area contributed by atoms with Crippen LogP contribution in [0.2, 0.25) is 0 Å². The minimum atomic E-state index is -0.0817. The summed E-state index contributed by atoms with van der Waals surface area (Å²) in [6.07, 6.45) is 3.06. The monoisotopic (exact) mass is 313 g/mol. The molecule has 1 amide bonds. The van der Waals surface area contributed by atoms with Crippen LogP contribution in [0, 0.1) is 6.92 Å². The van der Waals surface area contributed by atoms with E-state index in [0.29, 0.717) is 18.7 Å². The summed E-state index contributed by atoms with van der Waals surface area (Å²) in [5.74, 6) is 0.901. The first-order valence-electron chi connectivity index (χ1n) is 7.74. The average molecular weight is 313 g/mol. The summed E-state index contributed by atoms with van der Waals surface area (Å²) in [6, 6.07) is 7.86. The summed E-state index contributed by atoms with van der Waals surface area (Å²) >= 11 is 0. The number of aromatic nitrogens is 2. The molecule has 5 heteroatoms. The molecule has 0 unspecified atom stereocenters. The lowest BCUT2D eigenvalue weighted by Crippen LogP contribution is -2.32. The maximum atomic E-state index is 12.5. The maximum Gasteiger partial charge on any atom is 0.257 e. The highest BCUT2D eigenvalue weighted by atomic mass is 16.5. The zero-order valence-corrected chi connectivity index (χ0v) is 14.1. The molecule has 0 fully saturated rings. The summed E-state index contributed by atoms with van der Waals surface area (Å²) in [6.45, 7) is 7.00. The van der Waals surface area contributed by atoms with E-state index in [4.69, 9.17) is 4.74 Å². The van der Waals surface area contributed by atoms with Crippen molar-refractivity contribution in [3.63, 3.8) is 0 Å². The van der Waals surface area contributed by atoms with Gasteiger partial charge >= 0.3 is 0 Å². The van der Waals surface area contributed by atoms with Gasteiger partial charge in [0.05, 0.1) is 17.8 Å². The molecule has 0 bridgehead atoms. The van der Waals surface area contributed by atoms with Gasteiger partial charge < -0.3 is 9.64 Å². The van der Waals surface area contributed by atoms with E-state index in [2.05, 4.69) is 9.97 Å². The van der Waals surface area contributed by atoms with Gasteiger partial charge in [-0.25, -0.2) is 9.97 Å². The van der Waals surface area contributed by atoms with Crippen LogP contribution in [-0.2, 0) is 0 Å². The largest absolute Gasteiger partial charge is 0.492 e. The van der Waals surface area contributed by atoms with Gasteiger partial charge in [0.25, 0.3) is 5.91 Å². The van der Waals surface area contributed by atoms with Crippen molar-refractivity contribution < 1.29 is 9.53 Å². The number of hydrogen-bond acceptors (Lipinski definition) is 4. The van der Waals surface area contributed by atoms with E-state index in [-0.39, 0.29) is 11.8 Å². The predicted molar refractivity (Wildman–Crippen MR) is 89.8 cm³/mol. The molecule has 1 aromatic heterocycles. The van der Waals surface area contributed by atoms with E-state index >= 15 is 0 Å². The van der Waals surface area contributed by atoms with Crippen LogP contribution in [0.3, 0.4) is 0 Å². The molecule has 0 radical (unpaired) electrons. The summed E-state index contributed by atoms with van der Waals surface area (Å²) < 4.78 is 5.67. The van der Waals surface area contributed by atoms with Gasteiger partial charge in [0.1, 0.15) is 18.7 Å². The van der Waals surface area contributed by atoms with Crippen LogP contribution < -0.4 is 4.74 Å². The first-order valence-corrected chi connectivity index (χ1v) is 7.74. The Morgan fingerprint density at radius 1 is 1.26 bits per heavy atom. The minimum Gasteiger partial charge on any atom is -0.492 e. The Kier molecular flexibility index (Phi) is 5.68. The van der Waals surface area contributed by atoms with Gasteiger partial charge in [-0.2, -0.15) is 0 Å². The lowest BCUT2D eigenvalue weighted by molar-refractivity contribution is 0.0771. The lowest BCUT2D eigenvalue weighted by Gasteiger charge is -2.19. The van der Waals surface area contributed by atoms with Gasteiger partial charge in [-0.3, -0.25) is 4.79 Å². The number of amides is 1. The molecule has 0 aliphatic heterocycles. The summed E-state index contributed by atoms with van der Waals surface area (Å²) in [5, 5.41) is 0. The Labute approximate surface area is 137 Å². The van der Waals surface area contributed by atoms with E-state index in [9.17, 15) is 4.79 Å². The van der Waals surface area contributed by atoms with Gasteiger partial charge in [-0.05, 0) is 25.0 Å². The van der Waals surface area contributed by atoms with Crippen molar-refractivity contribution >= 4 is 5.91 Å². The van der Waals surface area contributed by atoms with E-state index in [1.807, 2.05) is 45.0 Å². The molecule has 0 saturated carbocycles. The zero-order chi connectivity index (χ0) is 16.8. The molecule has 0 aliphatic rings. The van der Waals surface area contributed by atoms with Crippen LogP contribution in [0.4, 0.5) is 0 Å². The molecular weight excluding hydrogens is 290 g/mol. The molecule has 0 saturated heterocycles. The van der Waals surface area contributed by atoms with Gasteiger partial charge in [0, 0.05) is 13.2 Å². The number of benzene rings is 1. The predicted octanol–water partition coefficient (Wildman–Crippen LogP) is 3.06. The van der Waals surface area contributed by atoms with Crippen LogP contribution in [0.5, 0.6) is 5.75 Å². The van der Waals surface area contributed by atoms with Crippen LogP contribution in [0.25, 0.3) is 0 Å². The van der Waals surface area contributed by atoms with E-state index in [1.165, 1.54) is 11.9 Å². The molecule has 0 spiro atoms. The second-order valence-corrected chi connectivity index (χ2v) is 5.86. The lowest BCUT2D eigenvalue weighted by atomic mass is 10.0. The quantitative estimate of drug-likeness (QED) is 0.822. The summed E-state index contributed by atoms with van der Waals surface area (Å²) in [5.41, 5.74) is 2.52. The molecule has 0 aliphatic carbocycles.